The second kappa shape index (κ2) is 3.88. The summed E-state index contributed by atoms with van der Waals surface area (Å²) < 4.78 is 0. The van der Waals surface area contributed by atoms with Gasteiger partial charge in [-0.2, -0.15) is 10.1 Å². The van der Waals surface area contributed by atoms with E-state index in [2.05, 4.69) is 21.5 Å². The number of hydrogen-bond donors (Lipinski definition) is 0. The molecule has 5 nitrogen and oxygen atoms in total. The van der Waals surface area contributed by atoms with Gasteiger partial charge in [-0.15, -0.1) is 10.2 Å². The zero-order valence-electron chi connectivity index (χ0n) is 8.25. The Bertz CT molecular complexity index is 509. The Morgan fingerprint density at radius 2 is 2.20 bits per heavy atom. The number of benzene rings is 1. The van der Waals surface area contributed by atoms with E-state index in [1.54, 1.807) is 13.1 Å². The quantitative estimate of drug-likeness (QED) is 0.713. The van der Waals surface area contributed by atoms with Gasteiger partial charge in [0, 0.05) is 6.42 Å². The van der Waals surface area contributed by atoms with E-state index in [9.17, 15) is 0 Å². The lowest BCUT2D eigenvalue weighted by Crippen LogP contribution is -1.96. The molecule has 0 saturated carbocycles. The van der Waals surface area contributed by atoms with E-state index in [0.717, 1.165) is 5.56 Å². The van der Waals surface area contributed by atoms with Gasteiger partial charge in [-0.25, -0.2) is 0 Å². The van der Waals surface area contributed by atoms with Crippen molar-refractivity contribution < 1.29 is 0 Å². The lowest BCUT2D eigenvalue weighted by atomic mass is 10.1. The fraction of sp³-hybridized carbons (Fsp3) is 0.200. The Morgan fingerprint density at radius 3 is 2.87 bits per heavy atom. The summed E-state index contributed by atoms with van der Waals surface area (Å²) in [6.45, 7) is 0. The maximum atomic E-state index is 8.89. The van der Waals surface area contributed by atoms with Crippen molar-refractivity contribution in [1.29, 1.82) is 5.26 Å². The molecular formula is C10H9N5. The molecule has 15 heavy (non-hydrogen) atoms. The van der Waals surface area contributed by atoms with Gasteiger partial charge in [0.05, 0.1) is 18.7 Å². The molecule has 0 aliphatic rings. The van der Waals surface area contributed by atoms with Crippen LogP contribution in [0, 0.1) is 11.3 Å². The van der Waals surface area contributed by atoms with Gasteiger partial charge in [0.25, 0.3) is 0 Å². The molecule has 0 N–H and O–H groups in total. The second-order valence-corrected chi connectivity index (χ2v) is 3.14. The zero-order chi connectivity index (χ0) is 10.7. The van der Waals surface area contributed by atoms with Crippen LogP contribution < -0.4 is 0 Å². The van der Waals surface area contributed by atoms with Crippen molar-refractivity contribution in [1.82, 2.24) is 20.2 Å². The maximum Gasteiger partial charge on any atom is 0.179 e. The first-order valence-corrected chi connectivity index (χ1v) is 4.50. The van der Waals surface area contributed by atoms with Gasteiger partial charge >= 0.3 is 0 Å². The molecule has 0 spiro atoms. The minimum Gasteiger partial charge on any atom is -0.192 e. The van der Waals surface area contributed by atoms with E-state index in [0.29, 0.717) is 17.8 Å². The summed E-state index contributed by atoms with van der Waals surface area (Å²) in [5, 5.41) is 20.6. The molecule has 0 aliphatic carbocycles. The topological polar surface area (TPSA) is 67.4 Å². The molecule has 1 heterocycles. The van der Waals surface area contributed by atoms with Crippen molar-refractivity contribution in [3.63, 3.8) is 0 Å². The first-order chi connectivity index (χ1) is 7.29. The summed E-state index contributed by atoms with van der Waals surface area (Å²) in [4.78, 5) is 1.41. The molecule has 1 aromatic carbocycles. The lowest BCUT2D eigenvalue weighted by Gasteiger charge is -1.98. The molecule has 74 valence electrons. The van der Waals surface area contributed by atoms with Crippen molar-refractivity contribution in [2.75, 3.05) is 0 Å². The van der Waals surface area contributed by atoms with Crippen LogP contribution in [0.2, 0.25) is 0 Å². The van der Waals surface area contributed by atoms with Crippen LogP contribution in [0.3, 0.4) is 0 Å². The van der Waals surface area contributed by atoms with Crippen LogP contribution in [-0.4, -0.2) is 20.2 Å². The van der Waals surface area contributed by atoms with Gasteiger partial charge in [-0.1, -0.05) is 18.2 Å². The van der Waals surface area contributed by atoms with Crippen LogP contribution in [0.15, 0.2) is 24.3 Å². The van der Waals surface area contributed by atoms with Crippen molar-refractivity contribution in [3.05, 3.63) is 41.2 Å². The van der Waals surface area contributed by atoms with Crippen LogP contribution >= 0.6 is 0 Å². The summed E-state index contributed by atoms with van der Waals surface area (Å²) in [6, 6.07) is 9.56. The van der Waals surface area contributed by atoms with Crippen LogP contribution in [-0.2, 0) is 13.5 Å². The fourth-order valence-electron chi connectivity index (χ4n) is 1.35. The highest BCUT2D eigenvalue weighted by Crippen LogP contribution is 2.10. The molecule has 0 amide bonds. The molecule has 0 fully saturated rings. The molecule has 0 unspecified atom stereocenters. The molecule has 2 aromatic rings. The third kappa shape index (κ3) is 1.99. The molecule has 0 saturated heterocycles. The molecular weight excluding hydrogens is 190 g/mol. The minimum absolute atomic E-state index is 0.539. The Kier molecular flexibility index (Phi) is 2.42. The molecule has 0 aliphatic heterocycles. The number of hydrogen-bond acceptors (Lipinski definition) is 4. The predicted molar refractivity (Wildman–Crippen MR) is 52.8 cm³/mol. The van der Waals surface area contributed by atoms with Gasteiger partial charge in [0.2, 0.25) is 0 Å². The summed E-state index contributed by atoms with van der Waals surface area (Å²) in [6.07, 6.45) is 0.539. The van der Waals surface area contributed by atoms with Crippen LogP contribution in [0.1, 0.15) is 17.0 Å². The first-order valence-electron chi connectivity index (χ1n) is 4.50. The Balaban J connectivity index is 2.28. The van der Waals surface area contributed by atoms with Gasteiger partial charge in [-0.3, -0.25) is 0 Å². The van der Waals surface area contributed by atoms with Crippen LogP contribution in [0.25, 0.3) is 0 Å². The molecule has 5 heteroatoms. The standard InChI is InChI=1S/C10H9N5/c1-15-13-10(12-14-15)6-8-4-2-3-5-9(8)7-11/h2-5H,6H2,1H3. The number of nitriles is 1. The highest BCUT2D eigenvalue weighted by atomic mass is 15.6. The highest BCUT2D eigenvalue weighted by Gasteiger charge is 2.05. The van der Waals surface area contributed by atoms with Gasteiger partial charge in [-0.05, 0) is 16.8 Å². The second-order valence-electron chi connectivity index (χ2n) is 3.14. The number of nitrogens with zero attached hydrogens (tertiary/aromatic N) is 5. The smallest absolute Gasteiger partial charge is 0.179 e. The number of aryl methyl sites for hydroxylation is 1. The normalized spacial score (nSPS) is 9.87. The fourth-order valence-corrected chi connectivity index (χ4v) is 1.35. The summed E-state index contributed by atoms with van der Waals surface area (Å²) in [7, 11) is 1.71. The van der Waals surface area contributed by atoms with Gasteiger partial charge < -0.3 is 0 Å². The monoisotopic (exact) mass is 199 g/mol. The number of tetrazole rings is 1. The molecule has 0 radical (unpaired) electrons. The maximum absolute atomic E-state index is 8.89. The van der Waals surface area contributed by atoms with Gasteiger partial charge in [0.1, 0.15) is 0 Å². The van der Waals surface area contributed by atoms with E-state index in [1.165, 1.54) is 4.80 Å². The molecule has 0 bridgehead atoms. The minimum atomic E-state index is 0.539. The molecule has 0 atom stereocenters. The van der Waals surface area contributed by atoms with Crippen LogP contribution in [0.5, 0.6) is 0 Å². The highest BCUT2D eigenvalue weighted by molar-refractivity contribution is 5.38. The van der Waals surface area contributed by atoms with E-state index < -0.39 is 0 Å². The third-order valence-corrected chi connectivity index (χ3v) is 2.04. The molecule has 2 rings (SSSR count). The average molecular weight is 199 g/mol. The lowest BCUT2D eigenvalue weighted by molar-refractivity contribution is 0.628. The predicted octanol–water partition coefficient (Wildman–Crippen LogP) is 0.673. The number of rotatable bonds is 2. The van der Waals surface area contributed by atoms with Crippen LogP contribution in [0.4, 0.5) is 0 Å². The van der Waals surface area contributed by atoms with Crippen molar-refractivity contribution in [2.24, 2.45) is 7.05 Å². The summed E-state index contributed by atoms with van der Waals surface area (Å²) in [5.74, 6) is 0.625. The molecule has 1 aromatic heterocycles. The van der Waals surface area contributed by atoms with Crippen molar-refractivity contribution >= 4 is 0 Å². The van der Waals surface area contributed by atoms with E-state index in [-0.39, 0.29) is 0 Å². The van der Waals surface area contributed by atoms with Crippen molar-refractivity contribution in [3.8, 4) is 6.07 Å². The Labute approximate surface area is 87.0 Å². The largest absolute Gasteiger partial charge is 0.192 e. The van der Waals surface area contributed by atoms with Gasteiger partial charge in [0.15, 0.2) is 5.82 Å². The van der Waals surface area contributed by atoms with Crippen molar-refractivity contribution in [2.45, 2.75) is 6.42 Å². The zero-order valence-corrected chi connectivity index (χ0v) is 8.25. The SMILES string of the molecule is Cn1nnc(Cc2ccccc2C#N)n1. The number of aromatic nitrogens is 4. The average Bonchev–Trinajstić information content (AvgIpc) is 2.65. The third-order valence-electron chi connectivity index (χ3n) is 2.04. The van der Waals surface area contributed by atoms with E-state index >= 15 is 0 Å². The summed E-state index contributed by atoms with van der Waals surface area (Å²) in [5.41, 5.74) is 1.58. The summed E-state index contributed by atoms with van der Waals surface area (Å²) >= 11 is 0. The Hall–Kier alpha value is -2.22. The Morgan fingerprint density at radius 1 is 1.40 bits per heavy atom. The van der Waals surface area contributed by atoms with E-state index in [1.807, 2.05) is 18.2 Å². The first kappa shape index (κ1) is 9.34. The van der Waals surface area contributed by atoms with E-state index in [4.69, 9.17) is 5.26 Å².